The van der Waals surface area contributed by atoms with Gasteiger partial charge in [-0.15, -0.1) is 0 Å². The monoisotopic (exact) mass is 484 g/mol. The van der Waals surface area contributed by atoms with Gasteiger partial charge in [-0.25, -0.2) is 14.4 Å². The summed E-state index contributed by atoms with van der Waals surface area (Å²) in [6.45, 7) is 7.58. The maximum atomic E-state index is 14.8. The first kappa shape index (κ1) is 24.9. The quantitative estimate of drug-likeness (QED) is 0.533. The molecule has 186 valence electrons. The number of aromatic nitrogens is 1. The minimum atomic E-state index is -0.597. The summed E-state index contributed by atoms with van der Waals surface area (Å²) >= 11 is 0. The summed E-state index contributed by atoms with van der Waals surface area (Å²) in [7, 11) is 0. The third-order valence-corrected chi connectivity index (χ3v) is 6.00. The number of nitrogens with zero attached hydrogens (tertiary/aromatic N) is 4. The first-order valence-corrected chi connectivity index (χ1v) is 11.7. The fourth-order valence-electron chi connectivity index (χ4n) is 3.99. The van der Waals surface area contributed by atoms with Crippen molar-refractivity contribution in [2.75, 3.05) is 45.9 Å². The van der Waals surface area contributed by atoms with Crippen LogP contribution in [0.5, 0.6) is 5.75 Å². The lowest BCUT2D eigenvalue weighted by molar-refractivity contribution is -0.122. The second-order valence-electron chi connectivity index (χ2n) is 9.07. The summed E-state index contributed by atoms with van der Waals surface area (Å²) in [4.78, 5) is 27.0. The van der Waals surface area contributed by atoms with Gasteiger partial charge < -0.3 is 15.4 Å². The highest BCUT2D eigenvalue weighted by molar-refractivity contribution is 6.05. The summed E-state index contributed by atoms with van der Waals surface area (Å²) in [5.41, 5.74) is 0.322. The molecule has 35 heavy (non-hydrogen) atoms. The molecule has 2 aliphatic heterocycles. The third kappa shape index (κ3) is 7.12. The Morgan fingerprint density at radius 3 is 2.77 bits per heavy atom. The molecule has 0 saturated carbocycles. The lowest BCUT2D eigenvalue weighted by Crippen LogP contribution is -2.44. The largest absolute Gasteiger partial charge is 0.492 e. The molecule has 1 aromatic carbocycles. The molecule has 3 heterocycles. The van der Waals surface area contributed by atoms with Gasteiger partial charge in [-0.05, 0) is 29.8 Å². The number of benzene rings is 1. The molecule has 8 nitrogen and oxygen atoms in total. The number of rotatable bonds is 9. The number of aliphatic imine (C=N–C) groups is 2. The van der Waals surface area contributed by atoms with E-state index in [1.165, 1.54) is 18.3 Å². The Balaban J connectivity index is 1.27. The zero-order valence-corrected chi connectivity index (χ0v) is 19.8. The van der Waals surface area contributed by atoms with Crippen LogP contribution in [0.4, 0.5) is 8.78 Å². The molecule has 2 N–H and O–H groups in total. The molecule has 4 rings (SSSR count). The van der Waals surface area contributed by atoms with E-state index in [0.717, 1.165) is 32.7 Å². The van der Waals surface area contributed by atoms with E-state index in [1.54, 1.807) is 24.4 Å². The van der Waals surface area contributed by atoms with Gasteiger partial charge in [0.25, 0.3) is 0 Å². The topological polar surface area (TPSA) is 91.2 Å². The van der Waals surface area contributed by atoms with E-state index in [2.05, 4.69) is 30.5 Å². The molecule has 1 amide bonds. The fourth-order valence-corrected chi connectivity index (χ4v) is 3.99. The van der Waals surface area contributed by atoms with Crippen molar-refractivity contribution in [2.45, 2.75) is 19.9 Å². The predicted octanol–water partition coefficient (Wildman–Crippen LogP) is 2.19. The average molecular weight is 485 g/mol. The van der Waals surface area contributed by atoms with Crippen molar-refractivity contribution in [1.29, 1.82) is 0 Å². The number of amidine groups is 1. The van der Waals surface area contributed by atoms with Gasteiger partial charge in [-0.1, -0.05) is 6.92 Å². The van der Waals surface area contributed by atoms with E-state index in [9.17, 15) is 13.6 Å². The Kier molecular flexibility index (Phi) is 8.14. The molecule has 0 bridgehead atoms. The first-order chi connectivity index (χ1) is 16.9. The number of nitrogens with one attached hydrogen (secondary N) is 2. The van der Waals surface area contributed by atoms with Crippen molar-refractivity contribution in [3.05, 3.63) is 59.4 Å². The number of pyridine rings is 1. The van der Waals surface area contributed by atoms with Crippen LogP contribution in [0.15, 0.2) is 46.5 Å². The molecule has 1 aromatic heterocycles. The SMILES string of the molecule is CC1(CC(=O)NCc2ccnc(F)c2)C=NC(c2ccc(OCCN3CCNCC3)cc2F)=NC1. The number of piperazine rings is 1. The fraction of sp³-hybridized carbons (Fsp3) is 0.440. The summed E-state index contributed by atoms with van der Waals surface area (Å²) in [5, 5.41) is 6.08. The van der Waals surface area contributed by atoms with Gasteiger partial charge in [-0.3, -0.25) is 14.7 Å². The number of amides is 1. The van der Waals surface area contributed by atoms with Gasteiger partial charge in [0.2, 0.25) is 11.9 Å². The lowest BCUT2D eigenvalue weighted by atomic mass is 9.87. The Morgan fingerprint density at radius 2 is 2.06 bits per heavy atom. The molecule has 10 heteroatoms. The Bertz CT molecular complexity index is 1100. The van der Waals surface area contributed by atoms with Crippen LogP contribution in [-0.2, 0) is 11.3 Å². The molecule has 1 atom stereocenters. The normalized spacial score (nSPS) is 20.4. The van der Waals surface area contributed by atoms with Crippen molar-refractivity contribution in [2.24, 2.45) is 15.4 Å². The van der Waals surface area contributed by atoms with Crippen LogP contribution in [0.25, 0.3) is 0 Å². The van der Waals surface area contributed by atoms with Crippen molar-refractivity contribution in [1.82, 2.24) is 20.5 Å². The van der Waals surface area contributed by atoms with Crippen LogP contribution in [0, 0.1) is 17.2 Å². The molecular weight excluding hydrogens is 454 g/mol. The third-order valence-electron chi connectivity index (χ3n) is 6.00. The van der Waals surface area contributed by atoms with Crippen LogP contribution in [0.1, 0.15) is 24.5 Å². The number of carbonyl (C=O) groups excluding carboxylic acids is 1. The Hall–Kier alpha value is -3.24. The van der Waals surface area contributed by atoms with Crippen LogP contribution < -0.4 is 15.4 Å². The van der Waals surface area contributed by atoms with Gasteiger partial charge in [0.15, 0.2) is 5.84 Å². The number of hydrogen-bond acceptors (Lipinski definition) is 7. The van der Waals surface area contributed by atoms with Crippen LogP contribution in [0.3, 0.4) is 0 Å². The second-order valence-corrected chi connectivity index (χ2v) is 9.07. The van der Waals surface area contributed by atoms with Crippen molar-refractivity contribution in [3.63, 3.8) is 0 Å². The van der Waals surface area contributed by atoms with Crippen LogP contribution in [-0.4, -0.2) is 73.7 Å². The van der Waals surface area contributed by atoms with E-state index in [1.807, 2.05) is 6.92 Å². The molecule has 1 saturated heterocycles. The van der Waals surface area contributed by atoms with E-state index in [4.69, 9.17) is 4.74 Å². The Labute approximate surface area is 203 Å². The second kappa shape index (κ2) is 11.5. The predicted molar refractivity (Wildman–Crippen MR) is 130 cm³/mol. The molecule has 0 aliphatic carbocycles. The van der Waals surface area contributed by atoms with Crippen LogP contribution in [0.2, 0.25) is 0 Å². The van der Waals surface area contributed by atoms with E-state index < -0.39 is 17.2 Å². The summed E-state index contributed by atoms with van der Waals surface area (Å²) in [5.74, 6) is -0.487. The molecule has 2 aliphatic rings. The Morgan fingerprint density at radius 1 is 1.23 bits per heavy atom. The van der Waals surface area contributed by atoms with E-state index in [0.29, 0.717) is 35.9 Å². The molecule has 0 radical (unpaired) electrons. The highest BCUT2D eigenvalue weighted by Crippen LogP contribution is 2.25. The maximum absolute atomic E-state index is 14.8. The maximum Gasteiger partial charge on any atom is 0.221 e. The van der Waals surface area contributed by atoms with E-state index >= 15 is 0 Å². The molecule has 1 fully saturated rings. The van der Waals surface area contributed by atoms with Gasteiger partial charge in [0.1, 0.15) is 18.2 Å². The zero-order valence-electron chi connectivity index (χ0n) is 19.8. The van der Waals surface area contributed by atoms with Gasteiger partial charge >= 0.3 is 0 Å². The minimum Gasteiger partial charge on any atom is -0.492 e. The number of ether oxygens (including phenoxy) is 1. The van der Waals surface area contributed by atoms with Crippen molar-refractivity contribution < 1.29 is 18.3 Å². The highest BCUT2D eigenvalue weighted by Gasteiger charge is 2.29. The summed E-state index contributed by atoms with van der Waals surface area (Å²) < 4.78 is 33.7. The number of halogens is 2. The highest BCUT2D eigenvalue weighted by atomic mass is 19.1. The molecule has 1 unspecified atom stereocenters. The van der Waals surface area contributed by atoms with Crippen molar-refractivity contribution in [3.8, 4) is 5.75 Å². The standard InChI is InChI=1S/C25H30F2N6O2/c1-25(14-23(34)30-15-18-4-5-29-22(27)12-18)16-31-24(32-17-25)20-3-2-19(13-21(20)26)35-11-10-33-8-6-28-7-9-33/h2-5,12-13,16,28H,6-11,14-15,17H2,1H3,(H,30,34). The number of carbonyl (C=O) groups is 1. The molecule has 0 spiro atoms. The summed E-state index contributed by atoms with van der Waals surface area (Å²) in [6, 6.07) is 7.61. The smallest absolute Gasteiger partial charge is 0.221 e. The molecular formula is C25H30F2N6O2. The van der Waals surface area contributed by atoms with E-state index in [-0.39, 0.29) is 18.9 Å². The average Bonchev–Trinajstić information content (AvgIpc) is 2.84. The lowest BCUT2D eigenvalue weighted by Gasteiger charge is -2.27. The zero-order chi connectivity index (χ0) is 24.7. The van der Waals surface area contributed by atoms with Gasteiger partial charge in [0, 0.05) is 69.6 Å². The van der Waals surface area contributed by atoms with Crippen molar-refractivity contribution >= 4 is 18.0 Å². The number of hydrogen-bond donors (Lipinski definition) is 2. The first-order valence-electron chi connectivity index (χ1n) is 11.7. The molecule has 2 aromatic rings. The summed E-state index contributed by atoms with van der Waals surface area (Å²) in [6.07, 6.45) is 3.16. The van der Waals surface area contributed by atoms with Gasteiger partial charge in [0.05, 0.1) is 12.1 Å². The van der Waals surface area contributed by atoms with Crippen LogP contribution >= 0.6 is 0 Å². The van der Waals surface area contributed by atoms with Gasteiger partial charge in [-0.2, -0.15) is 4.39 Å². The minimum absolute atomic E-state index is 0.156.